The van der Waals surface area contributed by atoms with E-state index in [0.29, 0.717) is 18.0 Å². The van der Waals surface area contributed by atoms with Crippen LogP contribution in [0.1, 0.15) is 46.1 Å². The van der Waals surface area contributed by atoms with Crippen LogP contribution in [0.25, 0.3) is 0 Å². The Bertz CT molecular complexity index is 792. The lowest BCUT2D eigenvalue weighted by Gasteiger charge is -2.23. The number of carbonyl (C=O) groups excluding carboxylic acids is 1. The summed E-state index contributed by atoms with van der Waals surface area (Å²) in [5.74, 6) is 0.670. The largest absolute Gasteiger partial charge is 0.354 e. The number of hydrogen-bond donors (Lipinski definition) is 3. The number of nitrogens with zero attached hydrogens (tertiary/aromatic N) is 3. The van der Waals surface area contributed by atoms with Crippen molar-refractivity contribution in [2.75, 3.05) is 12.4 Å². The van der Waals surface area contributed by atoms with Crippen molar-refractivity contribution in [2.45, 2.75) is 59.7 Å². The van der Waals surface area contributed by atoms with Gasteiger partial charge < -0.3 is 16.0 Å². The van der Waals surface area contributed by atoms with Gasteiger partial charge in [0.2, 0.25) is 5.91 Å². The second kappa shape index (κ2) is 10.6. The molecule has 7 heteroatoms. The first kappa shape index (κ1) is 22.5. The van der Waals surface area contributed by atoms with Crippen LogP contribution in [0.4, 0.5) is 5.69 Å². The zero-order chi connectivity index (χ0) is 21.3. The average molecular weight is 399 g/mol. The Morgan fingerprint density at radius 2 is 2.07 bits per heavy atom. The summed E-state index contributed by atoms with van der Waals surface area (Å²) in [5, 5.41) is 13.7. The van der Waals surface area contributed by atoms with Crippen LogP contribution in [0.15, 0.2) is 47.7 Å². The van der Waals surface area contributed by atoms with Crippen molar-refractivity contribution < 1.29 is 4.79 Å². The molecule has 0 saturated carbocycles. The predicted octanol–water partition coefficient (Wildman–Crippen LogP) is 3.40. The molecule has 1 amide bonds. The summed E-state index contributed by atoms with van der Waals surface area (Å²) in [5.41, 5.74) is 2.16. The quantitative estimate of drug-likeness (QED) is 0.470. The molecule has 158 valence electrons. The third kappa shape index (κ3) is 8.81. The Balaban J connectivity index is 1.83. The Morgan fingerprint density at radius 3 is 2.72 bits per heavy atom. The van der Waals surface area contributed by atoms with E-state index in [4.69, 9.17) is 0 Å². The van der Waals surface area contributed by atoms with E-state index in [1.54, 1.807) is 30.2 Å². The minimum Gasteiger partial charge on any atom is -0.354 e. The monoisotopic (exact) mass is 398 g/mol. The lowest BCUT2D eigenvalue weighted by Crippen LogP contribution is -2.42. The van der Waals surface area contributed by atoms with Gasteiger partial charge in [0, 0.05) is 37.7 Å². The molecule has 0 spiro atoms. The molecule has 0 bridgehead atoms. The molecule has 3 N–H and O–H groups in total. The summed E-state index contributed by atoms with van der Waals surface area (Å²) in [6.07, 6.45) is 5.66. The van der Waals surface area contributed by atoms with E-state index in [1.807, 2.05) is 24.3 Å². The highest BCUT2D eigenvalue weighted by molar-refractivity contribution is 5.90. The number of aromatic nitrogens is 2. The molecule has 0 radical (unpaired) electrons. The van der Waals surface area contributed by atoms with Crippen LogP contribution in [0.3, 0.4) is 0 Å². The fourth-order valence-electron chi connectivity index (χ4n) is 2.84. The van der Waals surface area contributed by atoms with Gasteiger partial charge in [0.05, 0.1) is 0 Å². The van der Waals surface area contributed by atoms with Crippen molar-refractivity contribution in [2.24, 2.45) is 10.4 Å². The van der Waals surface area contributed by atoms with Crippen molar-refractivity contribution in [1.82, 2.24) is 20.4 Å². The van der Waals surface area contributed by atoms with Gasteiger partial charge in [-0.2, -0.15) is 5.10 Å². The molecular formula is C22H34N6O. The highest BCUT2D eigenvalue weighted by Gasteiger charge is 2.13. The fraction of sp³-hybridized carbons (Fsp3) is 0.500. The number of rotatable bonds is 8. The second-order valence-corrected chi connectivity index (χ2v) is 8.52. The Hall–Kier alpha value is -2.83. The number of guanidine groups is 1. The smallest absolute Gasteiger partial charge is 0.246 e. The minimum atomic E-state index is -0.107. The number of amides is 1. The SMILES string of the molecule is CN=C(NCc1cccc(NC(=O)Cn2cccn2)c1)NC(C)CCC(C)(C)C. The molecule has 0 fully saturated rings. The number of nitrogens with one attached hydrogen (secondary N) is 3. The van der Waals surface area contributed by atoms with Gasteiger partial charge in [0.1, 0.15) is 6.54 Å². The average Bonchev–Trinajstić information content (AvgIpc) is 3.16. The topological polar surface area (TPSA) is 83.3 Å². The number of aliphatic imine (C=N–C) groups is 1. The van der Waals surface area contributed by atoms with Gasteiger partial charge in [-0.3, -0.25) is 14.5 Å². The Labute approximate surface area is 174 Å². The van der Waals surface area contributed by atoms with Gasteiger partial charge in [0.15, 0.2) is 5.96 Å². The van der Waals surface area contributed by atoms with Gasteiger partial charge >= 0.3 is 0 Å². The first-order valence-electron chi connectivity index (χ1n) is 10.1. The number of benzene rings is 1. The van der Waals surface area contributed by atoms with Gasteiger partial charge in [-0.05, 0) is 48.9 Å². The zero-order valence-corrected chi connectivity index (χ0v) is 18.2. The molecular weight excluding hydrogens is 364 g/mol. The highest BCUT2D eigenvalue weighted by atomic mass is 16.2. The molecule has 0 aliphatic heterocycles. The highest BCUT2D eigenvalue weighted by Crippen LogP contribution is 2.21. The van der Waals surface area contributed by atoms with Crippen LogP contribution in [-0.4, -0.2) is 34.7 Å². The lowest BCUT2D eigenvalue weighted by molar-refractivity contribution is -0.116. The van der Waals surface area contributed by atoms with Gasteiger partial charge in [-0.25, -0.2) is 0 Å². The summed E-state index contributed by atoms with van der Waals surface area (Å²) in [4.78, 5) is 16.5. The molecule has 1 aromatic carbocycles. The summed E-state index contributed by atoms with van der Waals surface area (Å²) in [7, 11) is 1.78. The normalized spacial score (nSPS) is 13.1. The summed E-state index contributed by atoms with van der Waals surface area (Å²) >= 11 is 0. The van der Waals surface area contributed by atoms with Crippen molar-refractivity contribution in [3.63, 3.8) is 0 Å². The van der Waals surface area contributed by atoms with Crippen LogP contribution in [0.5, 0.6) is 0 Å². The molecule has 2 rings (SSSR count). The van der Waals surface area contributed by atoms with E-state index < -0.39 is 0 Å². The molecule has 1 aromatic heterocycles. The first-order valence-corrected chi connectivity index (χ1v) is 10.1. The molecule has 0 aliphatic carbocycles. The van der Waals surface area contributed by atoms with E-state index in [2.05, 4.69) is 53.7 Å². The van der Waals surface area contributed by atoms with E-state index in [9.17, 15) is 4.79 Å². The fourth-order valence-corrected chi connectivity index (χ4v) is 2.84. The lowest BCUT2D eigenvalue weighted by atomic mass is 9.89. The Morgan fingerprint density at radius 1 is 1.28 bits per heavy atom. The molecule has 0 aliphatic rings. The second-order valence-electron chi connectivity index (χ2n) is 8.52. The van der Waals surface area contributed by atoms with Crippen LogP contribution in [-0.2, 0) is 17.9 Å². The van der Waals surface area contributed by atoms with Gasteiger partial charge in [-0.1, -0.05) is 32.9 Å². The molecule has 7 nitrogen and oxygen atoms in total. The van der Waals surface area contributed by atoms with Crippen molar-refractivity contribution in [3.8, 4) is 0 Å². The van der Waals surface area contributed by atoms with Crippen LogP contribution >= 0.6 is 0 Å². The van der Waals surface area contributed by atoms with E-state index in [0.717, 1.165) is 30.1 Å². The Kier molecular flexibility index (Phi) is 8.24. The summed E-state index contributed by atoms with van der Waals surface area (Å²) < 4.78 is 1.59. The number of anilines is 1. The van der Waals surface area contributed by atoms with Crippen LogP contribution in [0, 0.1) is 5.41 Å². The number of carbonyl (C=O) groups is 1. The maximum absolute atomic E-state index is 12.1. The van der Waals surface area contributed by atoms with Crippen molar-refractivity contribution in [1.29, 1.82) is 0 Å². The third-order valence-electron chi connectivity index (χ3n) is 4.47. The van der Waals surface area contributed by atoms with Crippen LogP contribution < -0.4 is 16.0 Å². The molecule has 1 atom stereocenters. The molecule has 29 heavy (non-hydrogen) atoms. The molecule has 1 unspecified atom stereocenters. The van der Waals surface area contributed by atoms with Crippen molar-refractivity contribution >= 4 is 17.6 Å². The zero-order valence-electron chi connectivity index (χ0n) is 18.2. The molecule has 2 aromatic rings. The van der Waals surface area contributed by atoms with E-state index >= 15 is 0 Å². The van der Waals surface area contributed by atoms with Gasteiger partial charge in [-0.15, -0.1) is 0 Å². The summed E-state index contributed by atoms with van der Waals surface area (Å²) in [6.45, 7) is 9.76. The molecule has 1 heterocycles. The maximum atomic E-state index is 12.1. The van der Waals surface area contributed by atoms with Crippen LogP contribution in [0.2, 0.25) is 0 Å². The maximum Gasteiger partial charge on any atom is 0.246 e. The standard InChI is InChI=1S/C22H34N6O/c1-17(10-11-22(2,3)4)26-21(23-5)24-15-18-8-6-9-19(14-18)27-20(29)16-28-13-7-12-25-28/h6-9,12-14,17H,10-11,15-16H2,1-5H3,(H,27,29)(H2,23,24,26). The minimum absolute atomic E-state index is 0.107. The summed E-state index contributed by atoms with van der Waals surface area (Å²) in [6, 6.07) is 9.93. The number of hydrogen-bond acceptors (Lipinski definition) is 3. The van der Waals surface area contributed by atoms with Gasteiger partial charge in [0.25, 0.3) is 0 Å². The third-order valence-corrected chi connectivity index (χ3v) is 4.47. The first-order chi connectivity index (χ1) is 13.7. The van der Waals surface area contributed by atoms with Crippen molar-refractivity contribution in [3.05, 3.63) is 48.3 Å². The van der Waals surface area contributed by atoms with E-state index in [-0.39, 0.29) is 12.5 Å². The predicted molar refractivity (Wildman–Crippen MR) is 119 cm³/mol. The van der Waals surface area contributed by atoms with E-state index in [1.165, 1.54) is 0 Å². The molecule has 0 saturated heterocycles.